The number of hydrogen-bond acceptors (Lipinski definition) is 3. The molecule has 0 atom stereocenters. The summed E-state index contributed by atoms with van der Waals surface area (Å²) in [6.45, 7) is 0.849. The van der Waals surface area contributed by atoms with Crippen molar-refractivity contribution in [3.63, 3.8) is 0 Å². The summed E-state index contributed by atoms with van der Waals surface area (Å²) in [6.07, 6.45) is 5.83. The van der Waals surface area contributed by atoms with Crippen LogP contribution < -0.4 is 4.90 Å². The van der Waals surface area contributed by atoms with Crippen molar-refractivity contribution in [2.24, 2.45) is 0 Å². The van der Waals surface area contributed by atoms with Crippen LogP contribution in [0.4, 0.5) is 5.82 Å². The minimum Gasteiger partial charge on any atom is -0.351 e. The standard InChI is InChI=1S/C9H11BrClN3/c10-8-5-12-6-13-9(8)14(4-3-11)7-1-2-7/h5-7H,1-4H2. The average molecular weight is 277 g/mol. The van der Waals surface area contributed by atoms with Crippen LogP contribution in [0.25, 0.3) is 0 Å². The van der Waals surface area contributed by atoms with Gasteiger partial charge >= 0.3 is 0 Å². The number of anilines is 1. The predicted molar refractivity (Wildman–Crippen MR) is 60.8 cm³/mol. The van der Waals surface area contributed by atoms with Crippen LogP contribution in [0.3, 0.4) is 0 Å². The second-order valence-corrected chi connectivity index (χ2v) is 4.54. The van der Waals surface area contributed by atoms with Gasteiger partial charge in [0.05, 0.1) is 4.47 Å². The number of halogens is 2. The van der Waals surface area contributed by atoms with Gasteiger partial charge in [-0.15, -0.1) is 11.6 Å². The molecule has 0 spiro atoms. The first-order valence-electron chi connectivity index (χ1n) is 4.61. The van der Waals surface area contributed by atoms with Crippen LogP contribution in [0.15, 0.2) is 17.0 Å². The zero-order valence-electron chi connectivity index (χ0n) is 7.66. The van der Waals surface area contributed by atoms with Gasteiger partial charge in [-0.05, 0) is 28.8 Å². The summed E-state index contributed by atoms with van der Waals surface area (Å²) in [6, 6.07) is 0.625. The Hall–Kier alpha value is -0.350. The van der Waals surface area contributed by atoms with Crippen LogP contribution in [0, 0.1) is 0 Å². The molecule has 1 saturated carbocycles. The fraction of sp³-hybridized carbons (Fsp3) is 0.556. The van der Waals surface area contributed by atoms with E-state index in [2.05, 4.69) is 30.8 Å². The molecule has 1 heterocycles. The monoisotopic (exact) mass is 275 g/mol. The minimum atomic E-state index is 0.625. The van der Waals surface area contributed by atoms with Gasteiger partial charge in [0.25, 0.3) is 0 Å². The largest absolute Gasteiger partial charge is 0.351 e. The molecule has 2 rings (SSSR count). The lowest BCUT2D eigenvalue weighted by Gasteiger charge is -2.22. The molecule has 0 bridgehead atoms. The van der Waals surface area contributed by atoms with Gasteiger partial charge < -0.3 is 4.90 Å². The molecule has 1 fully saturated rings. The van der Waals surface area contributed by atoms with Gasteiger partial charge in [0.15, 0.2) is 0 Å². The highest BCUT2D eigenvalue weighted by Crippen LogP contribution is 2.33. The second-order valence-electron chi connectivity index (χ2n) is 3.31. The van der Waals surface area contributed by atoms with Crippen LogP contribution >= 0.6 is 27.5 Å². The SMILES string of the molecule is ClCCN(c1ncncc1Br)C1CC1. The molecule has 0 unspecified atom stereocenters. The first-order valence-corrected chi connectivity index (χ1v) is 5.94. The van der Waals surface area contributed by atoms with E-state index < -0.39 is 0 Å². The Bertz CT molecular complexity index is 317. The van der Waals surface area contributed by atoms with Gasteiger partial charge in [-0.3, -0.25) is 0 Å². The second kappa shape index (κ2) is 4.45. The zero-order chi connectivity index (χ0) is 9.97. The average Bonchev–Trinajstić information content (AvgIpc) is 2.99. The molecule has 0 aromatic carbocycles. The van der Waals surface area contributed by atoms with E-state index in [1.54, 1.807) is 12.5 Å². The van der Waals surface area contributed by atoms with E-state index in [4.69, 9.17) is 11.6 Å². The van der Waals surface area contributed by atoms with E-state index >= 15 is 0 Å². The summed E-state index contributed by atoms with van der Waals surface area (Å²) in [5.74, 6) is 1.59. The van der Waals surface area contributed by atoms with Crippen molar-refractivity contribution < 1.29 is 0 Å². The van der Waals surface area contributed by atoms with E-state index in [-0.39, 0.29) is 0 Å². The molecular formula is C9H11BrClN3. The third-order valence-corrected chi connectivity index (χ3v) is 2.96. The van der Waals surface area contributed by atoms with Gasteiger partial charge in [-0.2, -0.15) is 0 Å². The Morgan fingerprint density at radius 3 is 2.93 bits per heavy atom. The van der Waals surface area contributed by atoms with E-state index in [1.165, 1.54) is 12.8 Å². The molecule has 0 N–H and O–H groups in total. The highest BCUT2D eigenvalue weighted by Gasteiger charge is 2.30. The molecule has 0 amide bonds. The molecule has 3 nitrogen and oxygen atoms in total. The van der Waals surface area contributed by atoms with Crippen molar-refractivity contribution in [2.45, 2.75) is 18.9 Å². The number of aromatic nitrogens is 2. The van der Waals surface area contributed by atoms with Crippen molar-refractivity contribution in [1.29, 1.82) is 0 Å². The molecule has 0 aliphatic heterocycles. The first kappa shape index (κ1) is 10.2. The van der Waals surface area contributed by atoms with Crippen molar-refractivity contribution in [2.75, 3.05) is 17.3 Å². The Morgan fingerprint density at radius 1 is 1.57 bits per heavy atom. The van der Waals surface area contributed by atoms with E-state index in [0.717, 1.165) is 16.8 Å². The topological polar surface area (TPSA) is 29.0 Å². The molecule has 1 aliphatic carbocycles. The normalized spacial score (nSPS) is 15.6. The molecular weight excluding hydrogens is 265 g/mol. The molecule has 0 radical (unpaired) electrons. The maximum atomic E-state index is 5.77. The Morgan fingerprint density at radius 2 is 2.36 bits per heavy atom. The summed E-state index contributed by atoms with van der Waals surface area (Å²) < 4.78 is 0.942. The molecule has 1 aromatic rings. The number of rotatable bonds is 4. The van der Waals surface area contributed by atoms with Crippen molar-refractivity contribution >= 4 is 33.3 Å². The summed E-state index contributed by atoms with van der Waals surface area (Å²) in [5, 5.41) is 0. The molecule has 76 valence electrons. The predicted octanol–water partition coefficient (Wildman–Crippen LogP) is 2.45. The molecule has 14 heavy (non-hydrogen) atoms. The third kappa shape index (κ3) is 2.17. The van der Waals surface area contributed by atoms with Gasteiger partial charge in [0, 0.05) is 24.7 Å². The summed E-state index contributed by atoms with van der Waals surface area (Å²) >= 11 is 9.22. The molecule has 0 saturated heterocycles. The summed E-state index contributed by atoms with van der Waals surface area (Å²) in [7, 11) is 0. The Balaban J connectivity index is 2.21. The number of hydrogen-bond donors (Lipinski definition) is 0. The van der Waals surface area contributed by atoms with Crippen molar-refractivity contribution in [3.8, 4) is 0 Å². The molecule has 5 heteroatoms. The van der Waals surface area contributed by atoms with Crippen LogP contribution in [0.1, 0.15) is 12.8 Å². The fourth-order valence-corrected chi connectivity index (χ4v) is 2.09. The fourth-order valence-electron chi connectivity index (χ4n) is 1.46. The van der Waals surface area contributed by atoms with Crippen molar-refractivity contribution in [3.05, 3.63) is 17.0 Å². The van der Waals surface area contributed by atoms with Crippen LogP contribution in [0.2, 0.25) is 0 Å². The van der Waals surface area contributed by atoms with E-state index in [1.807, 2.05) is 0 Å². The smallest absolute Gasteiger partial charge is 0.146 e. The lowest BCUT2D eigenvalue weighted by molar-refractivity contribution is 0.804. The van der Waals surface area contributed by atoms with Crippen LogP contribution in [0.5, 0.6) is 0 Å². The molecule has 1 aliphatic rings. The van der Waals surface area contributed by atoms with E-state index in [0.29, 0.717) is 11.9 Å². The van der Waals surface area contributed by atoms with Gasteiger partial charge in [0.2, 0.25) is 0 Å². The van der Waals surface area contributed by atoms with Crippen LogP contribution in [-0.4, -0.2) is 28.4 Å². The van der Waals surface area contributed by atoms with Gasteiger partial charge in [0.1, 0.15) is 12.1 Å². The highest BCUT2D eigenvalue weighted by molar-refractivity contribution is 9.10. The summed E-state index contributed by atoms with van der Waals surface area (Å²) in [4.78, 5) is 10.5. The molecule has 1 aromatic heterocycles. The van der Waals surface area contributed by atoms with Crippen LogP contribution in [-0.2, 0) is 0 Å². The number of nitrogens with zero attached hydrogens (tertiary/aromatic N) is 3. The highest BCUT2D eigenvalue weighted by atomic mass is 79.9. The zero-order valence-corrected chi connectivity index (χ0v) is 10.00. The Kier molecular flexibility index (Phi) is 3.23. The lowest BCUT2D eigenvalue weighted by atomic mass is 10.4. The quantitative estimate of drug-likeness (QED) is 0.791. The van der Waals surface area contributed by atoms with Gasteiger partial charge in [-0.25, -0.2) is 9.97 Å². The third-order valence-electron chi connectivity index (χ3n) is 2.23. The summed E-state index contributed by atoms with van der Waals surface area (Å²) in [5.41, 5.74) is 0. The van der Waals surface area contributed by atoms with E-state index in [9.17, 15) is 0 Å². The lowest BCUT2D eigenvalue weighted by Crippen LogP contribution is -2.29. The minimum absolute atomic E-state index is 0.625. The maximum Gasteiger partial charge on any atom is 0.146 e. The van der Waals surface area contributed by atoms with Crippen molar-refractivity contribution in [1.82, 2.24) is 9.97 Å². The number of alkyl halides is 1. The maximum absolute atomic E-state index is 5.77. The van der Waals surface area contributed by atoms with Gasteiger partial charge in [-0.1, -0.05) is 0 Å². The first-order chi connectivity index (χ1) is 6.83. The Labute approximate surface area is 96.6 Å².